The Hall–Kier alpha value is -3.49. The number of aliphatic hydroxyl groups excluding tert-OH is 1. The Morgan fingerprint density at radius 2 is 1.89 bits per heavy atom. The molecule has 1 aliphatic rings. The van der Waals surface area contributed by atoms with Crippen molar-refractivity contribution in [1.82, 2.24) is 4.98 Å². The molecule has 35 heavy (non-hydrogen) atoms. The topological polar surface area (TPSA) is 79.7 Å². The van der Waals surface area contributed by atoms with E-state index in [1.807, 2.05) is 36.4 Å². The van der Waals surface area contributed by atoms with Gasteiger partial charge < -0.3 is 9.84 Å². The van der Waals surface area contributed by atoms with Gasteiger partial charge in [-0.05, 0) is 66.1 Å². The normalized spacial score (nSPS) is 17.3. The summed E-state index contributed by atoms with van der Waals surface area (Å²) in [6, 6.07) is 19.2. The molecule has 2 heterocycles. The third-order valence-electron chi connectivity index (χ3n) is 6.03. The van der Waals surface area contributed by atoms with Gasteiger partial charge in [0.1, 0.15) is 11.5 Å². The third kappa shape index (κ3) is 4.13. The van der Waals surface area contributed by atoms with Gasteiger partial charge in [0.2, 0.25) is 0 Å². The SMILES string of the molecule is CCc1ccc2nc(N3C(=O)C(=O)C(=C(O)c4ccc(OC)cc4)[C@@H]3c3cccc(Br)c3)sc2c1. The summed E-state index contributed by atoms with van der Waals surface area (Å²) in [5.74, 6) is -1.10. The van der Waals surface area contributed by atoms with Crippen LogP contribution in [0.3, 0.4) is 0 Å². The molecule has 0 aliphatic carbocycles. The van der Waals surface area contributed by atoms with Crippen LogP contribution in [-0.2, 0) is 16.0 Å². The number of Topliss-reactive ketones (excluding diaryl/α,β-unsaturated/α-hetero) is 1. The lowest BCUT2D eigenvalue weighted by molar-refractivity contribution is -0.132. The van der Waals surface area contributed by atoms with Crippen LogP contribution < -0.4 is 9.64 Å². The number of halogens is 1. The van der Waals surface area contributed by atoms with Gasteiger partial charge in [-0.1, -0.05) is 52.4 Å². The molecule has 176 valence electrons. The number of ketones is 1. The molecule has 0 bridgehead atoms. The van der Waals surface area contributed by atoms with Crippen molar-refractivity contribution >= 4 is 60.1 Å². The van der Waals surface area contributed by atoms with Gasteiger partial charge in [0.05, 0.1) is 28.9 Å². The molecule has 1 saturated heterocycles. The van der Waals surface area contributed by atoms with Crippen LogP contribution in [0.15, 0.2) is 76.8 Å². The van der Waals surface area contributed by atoms with E-state index in [4.69, 9.17) is 4.74 Å². The molecule has 1 aliphatic heterocycles. The lowest BCUT2D eigenvalue weighted by Gasteiger charge is -2.23. The molecular weight excluding hydrogens is 528 g/mol. The van der Waals surface area contributed by atoms with E-state index in [9.17, 15) is 14.7 Å². The van der Waals surface area contributed by atoms with Crippen molar-refractivity contribution in [2.75, 3.05) is 12.0 Å². The van der Waals surface area contributed by atoms with Gasteiger partial charge in [-0.15, -0.1) is 0 Å². The minimum absolute atomic E-state index is 0.0202. The predicted octanol–water partition coefficient (Wildman–Crippen LogP) is 6.26. The second kappa shape index (κ2) is 9.28. The van der Waals surface area contributed by atoms with Gasteiger partial charge in [0, 0.05) is 10.0 Å². The summed E-state index contributed by atoms with van der Waals surface area (Å²) >= 11 is 4.84. The third-order valence-corrected chi connectivity index (χ3v) is 7.54. The summed E-state index contributed by atoms with van der Waals surface area (Å²) < 4.78 is 6.93. The van der Waals surface area contributed by atoms with Crippen molar-refractivity contribution < 1.29 is 19.4 Å². The standard InChI is InChI=1S/C27H21BrN2O4S/c1-3-15-7-12-20-21(13-15)35-27(29-20)30-23(17-5-4-6-18(28)14-17)22(25(32)26(30)33)24(31)16-8-10-19(34-2)11-9-16/h4-14,23,31H,3H2,1-2H3/t23-/m0/s1. The van der Waals surface area contributed by atoms with Crippen LogP contribution in [-0.4, -0.2) is 28.9 Å². The van der Waals surface area contributed by atoms with Crippen molar-refractivity contribution in [3.05, 3.63) is 93.5 Å². The van der Waals surface area contributed by atoms with Crippen molar-refractivity contribution in [2.24, 2.45) is 0 Å². The summed E-state index contributed by atoms with van der Waals surface area (Å²) in [6.07, 6.45) is 0.883. The Morgan fingerprint density at radius 3 is 2.57 bits per heavy atom. The zero-order chi connectivity index (χ0) is 24.7. The van der Waals surface area contributed by atoms with E-state index >= 15 is 0 Å². The number of anilines is 1. The van der Waals surface area contributed by atoms with Gasteiger partial charge in [0.25, 0.3) is 5.78 Å². The molecule has 1 amide bonds. The number of thiazole rings is 1. The highest BCUT2D eigenvalue weighted by Crippen LogP contribution is 2.44. The average molecular weight is 549 g/mol. The van der Waals surface area contributed by atoms with Crippen LogP contribution in [0.5, 0.6) is 5.75 Å². The fraction of sp³-hybridized carbons (Fsp3) is 0.148. The fourth-order valence-corrected chi connectivity index (χ4v) is 5.68. The number of benzene rings is 3. The quantitative estimate of drug-likeness (QED) is 0.181. The van der Waals surface area contributed by atoms with E-state index in [0.717, 1.165) is 26.7 Å². The first-order chi connectivity index (χ1) is 16.9. The number of rotatable bonds is 5. The number of aromatic nitrogens is 1. The number of aryl methyl sites for hydroxylation is 1. The summed E-state index contributed by atoms with van der Waals surface area (Å²) in [7, 11) is 1.55. The van der Waals surface area contributed by atoms with E-state index in [-0.39, 0.29) is 11.3 Å². The lowest BCUT2D eigenvalue weighted by atomic mass is 9.95. The Kier molecular flexibility index (Phi) is 6.17. The predicted molar refractivity (Wildman–Crippen MR) is 141 cm³/mol. The van der Waals surface area contributed by atoms with Crippen LogP contribution >= 0.6 is 27.3 Å². The molecule has 0 spiro atoms. The van der Waals surface area contributed by atoms with Crippen molar-refractivity contribution in [3.63, 3.8) is 0 Å². The first-order valence-corrected chi connectivity index (χ1v) is 12.6. The number of hydrogen-bond acceptors (Lipinski definition) is 6. The van der Waals surface area contributed by atoms with Crippen LogP contribution in [0.1, 0.15) is 29.7 Å². The number of amides is 1. The van der Waals surface area contributed by atoms with Gasteiger partial charge in [-0.3, -0.25) is 14.5 Å². The highest BCUT2D eigenvalue weighted by molar-refractivity contribution is 9.10. The van der Waals surface area contributed by atoms with Gasteiger partial charge >= 0.3 is 5.91 Å². The molecule has 6 nitrogen and oxygen atoms in total. The van der Waals surface area contributed by atoms with E-state index in [0.29, 0.717) is 22.0 Å². The second-order valence-corrected chi connectivity index (χ2v) is 10.0. The van der Waals surface area contributed by atoms with Crippen molar-refractivity contribution in [1.29, 1.82) is 0 Å². The maximum atomic E-state index is 13.4. The van der Waals surface area contributed by atoms with E-state index in [1.54, 1.807) is 31.4 Å². The Bertz CT molecular complexity index is 1490. The molecule has 0 unspecified atom stereocenters. The zero-order valence-corrected chi connectivity index (χ0v) is 21.4. The van der Waals surface area contributed by atoms with Gasteiger partial charge in [0.15, 0.2) is 5.13 Å². The zero-order valence-electron chi connectivity index (χ0n) is 19.0. The summed E-state index contributed by atoms with van der Waals surface area (Å²) in [5.41, 5.74) is 3.04. The molecule has 1 fully saturated rings. The molecule has 4 aromatic rings. The Balaban J connectivity index is 1.70. The number of nitrogens with zero attached hydrogens (tertiary/aromatic N) is 2. The molecule has 5 rings (SSSR count). The molecule has 0 radical (unpaired) electrons. The number of carbonyl (C=O) groups is 2. The van der Waals surface area contributed by atoms with Crippen LogP contribution in [0, 0.1) is 0 Å². The first kappa shape index (κ1) is 23.3. The van der Waals surface area contributed by atoms with Gasteiger partial charge in [-0.2, -0.15) is 0 Å². The van der Waals surface area contributed by atoms with Crippen LogP contribution in [0.25, 0.3) is 16.0 Å². The maximum Gasteiger partial charge on any atom is 0.301 e. The molecule has 0 saturated carbocycles. The highest BCUT2D eigenvalue weighted by Gasteiger charge is 2.48. The van der Waals surface area contributed by atoms with Crippen molar-refractivity contribution in [2.45, 2.75) is 19.4 Å². The fourth-order valence-electron chi connectivity index (χ4n) is 4.21. The molecule has 3 aromatic carbocycles. The molecule has 1 atom stereocenters. The lowest BCUT2D eigenvalue weighted by Crippen LogP contribution is -2.29. The van der Waals surface area contributed by atoms with E-state index < -0.39 is 17.7 Å². The van der Waals surface area contributed by atoms with E-state index in [1.165, 1.54) is 16.2 Å². The second-order valence-electron chi connectivity index (χ2n) is 8.10. The summed E-state index contributed by atoms with van der Waals surface area (Å²) in [4.78, 5) is 32.8. The number of ether oxygens (including phenoxy) is 1. The number of hydrogen-bond donors (Lipinski definition) is 1. The number of methoxy groups -OCH3 is 1. The number of fused-ring (bicyclic) bond motifs is 1. The number of aliphatic hydroxyl groups is 1. The highest BCUT2D eigenvalue weighted by atomic mass is 79.9. The molecular formula is C27H21BrN2O4S. The molecule has 1 N–H and O–H groups in total. The van der Waals surface area contributed by atoms with Crippen LogP contribution in [0.4, 0.5) is 5.13 Å². The average Bonchev–Trinajstić information content (AvgIpc) is 3.41. The summed E-state index contributed by atoms with van der Waals surface area (Å²) in [6.45, 7) is 2.08. The van der Waals surface area contributed by atoms with Gasteiger partial charge in [-0.25, -0.2) is 4.98 Å². The summed E-state index contributed by atoms with van der Waals surface area (Å²) in [5, 5.41) is 11.7. The largest absolute Gasteiger partial charge is 0.507 e. The van der Waals surface area contributed by atoms with E-state index in [2.05, 4.69) is 33.9 Å². The maximum absolute atomic E-state index is 13.4. The molecule has 1 aromatic heterocycles. The monoisotopic (exact) mass is 548 g/mol. The molecule has 8 heteroatoms. The van der Waals surface area contributed by atoms with Crippen LogP contribution in [0.2, 0.25) is 0 Å². The smallest absolute Gasteiger partial charge is 0.301 e. The minimum atomic E-state index is -0.833. The first-order valence-electron chi connectivity index (χ1n) is 11.0. The van der Waals surface area contributed by atoms with Crippen molar-refractivity contribution in [3.8, 4) is 5.75 Å². The Labute approximate surface area is 214 Å². The Morgan fingerprint density at radius 1 is 1.11 bits per heavy atom. The minimum Gasteiger partial charge on any atom is -0.507 e. The number of carbonyl (C=O) groups excluding carboxylic acids is 2.